The predicted molar refractivity (Wildman–Crippen MR) is 59.7 cm³/mol. The zero-order chi connectivity index (χ0) is 11.6. The number of epoxide rings is 1. The molecule has 0 aliphatic carbocycles. The summed E-state index contributed by atoms with van der Waals surface area (Å²) in [5.41, 5.74) is 0. The van der Waals surface area contributed by atoms with Gasteiger partial charge in [0.25, 0.3) is 0 Å². The van der Waals surface area contributed by atoms with Crippen LogP contribution in [0.4, 0.5) is 0 Å². The molecule has 0 N–H and O–H groups in total. The fourth-order valence-electron chi connectivity index (χ4n) is 1.17. The van der Waals surface area contributed by atoms with E-state index in [1.165, 1.54) is 6.07 Å². The predicted octanol–water partition coefficient (Wildman–Crippen LogP) is 0.960. The van der Waals surface area contributed by atoms with Gasteiger partial charge in [0.2, 0.25) is 0 Å². The van der Waals surface area contributed by atoms with Gasteiger partial charge in [-0.2, -0.15) is 8.42 Å². The summed E-state index contributed by atoms with van der Waals surface area (Å²) in [5.74, 6) is 0.278. The maximum Gasteiger partial charge on any atom is 0.303 e. The van der Waals surface area contributed by atoms with E-state index in [4.69, 9.17) is 9.47 Å². The van der Waals surface area contributed by atoms with Crippen LogP contribution in [0.25, 0.3) is 0 Å². The lowest BCUT2D eigenvalue weighted by atomic mass is 10.3. The second-order valence-corrected chi connectivity index (χ2v) is 5.38. The van der Waals surface area contributed by atoms with E-state index in [1.54, 1.807) is 27.7 Å². The first-order chi connectivity index (χ1) is 7.63. The van der Waals surface area contributed by atoms with Crippen molar-refractivity contribution in [2.75, 3.05) is 13.2 Å². The number of rotatable bonds is 5. The van der Waals surface area contributed by atoms with E-state index in [0.29, 0.717) is 13.2 Å². The topological polar surface area (TPSA) is 65.1 Å². The van der Waals surface area contributed by atoms with Gasteiger partial charge in [-0.15, -0.1) is 0 Å². The van der Waals surface area contributed by atoms with Gasteiger partial charge in [-0.3, -0.25) is 3.97 Å². The van der Waals surface area contributed by atoms with Gasteiger partial charge >= 0.3 is 10.1 Å². The van der Waals surface area contributed by atoms with Crippen molar-refractivity contribution in [2.45, 2.75) is 11.0 Å². The van der Waals surface area contributed by atoms with Crippen LogP contribution in [0.2, 0.25) is 0 Å². The lowest BCUT2D eigenvalue weighted by Crippen LogP contribution is -2.08. The van der Waals surface area contributed by atoms with Gasteiger partial charge in [-0.1, -0.05) is 12.1 Å². The molecule has 0 aromatic heterocycles. The Morgan fingerprint density at radius 3 is 2.75 bits per heavy atom. The largest absolute Gasteiger partial charge is 0.489 e. The number of benzene rings is 1. The average Bonchev–Trinajstić information content (AvgIpc) is 3.10. The molecule has 0 bridgehead atoms. The highest BCUT2D eigenvalue weighted by Crippen LogP contribution is 2.27. The molecule has 5 nitrogen and oxygen atoms in total. The summed E-state index contributed by atoms with van der Waals surface area (Å²) < 4.78 is 37.7. The average molecular weight is 262 g/mol. The van der Waals surface area contributed by atoms with Crippen molar-refractivity contribution in [1.82, 2.24) is 0 Å². The quantitative estimate of drug-likeness (QED) is 0.584. The smallest absolute Gasteiger partial charge is 0.303 e. The van der Waals surface area contributed by atoms with Crippen molar-refractivity contribution in [2.24, 2.45) is 0 Å². The first-order valence-electron chi connectivity index (χ1n) is 4.60. The highest BCUT2D eigenvalue weighted by Gasteiger charge is 2.25. The van der Waals surface area contributed by atoms with Crippen molar-refractivity contribution in [3.05, 3.63) is 24.3 Å². The minimum atomic E-state index is -3.76. The molecule has 0 spiro atoms. The van der Waals surface area contributed by atoms with E-state index in [9.17, 15) is 8.42 Å². The molecule has 88 valence electrons. The van der Waals surface area contributed by atoms with Crippen molar-refractivity contribution in [1.29, 1.82) is 0 Å². The third-order valence-corrected chi connectivity index (χ3v) is 3.96. The Kier molecular flexibility index (Phi) is 3.44. The van der Waals surface area contributed by atoms with Gasteiger partial charge in [-0.25, -0.2) is 0 Å². The van der Waals surface area contributed by atoms with Crippen LogP contribution in [0.5, 0.6) is 5.75 Å². The maximum atomic E-state index is 11.5. The van der Waals surface area contributed by atoms with Gasteiger partial charge in [0, 0.05) is 9.47 Å². The second-order valence-electron chi connectivity index (χ2n) is 3.26. The molecule has 2 atom stereocenters. The third-order valence-electron chi connectivity index (χ3n) is 2.07. The molecule has 0 saturated carbocycles. The molecule has 1 aliphatic rings. The molecule has 0 amide bonds. The Morgan fingerprint density at radius 1 is 1.44 bits per heavy atom. The molecule has 2 rings (SSSR count). The van der Waals surface area contributed by atoms with Crippen LogP contribution in [0, 0.1) is 0 Å². The molecular weight excluding hydrogens is 251 g/mol. The molecule has 1 aromatic rings. The standard InChI is InChI=1S/C9H11O5PS/c10-16(11,14-15)9-4-2-1-3-8(9)13-6-7-5-12-7/h1-4,7H,5-6,15H2. The Balaban J connectivity index is 2.22. The lowest BCUT2D eigenvalue weighted by Gasteiger charge is -2.09. The van der Waals surface area contributed by atoms with Crippen molar-refractivity contribution in [3.63, 3.8) is 0 Å². The number of para-hydroxylation sites is 1. The first kappa shape index (κ1) is 11.8. The van der Waals surface area contributed by atoms with Crippen molar-refractivity contribution < 1.29 is 21.9 Å². The van der Waals surface area contributed by atoms with Crippen LogP contribution in [0.1, 0.15) is 0 Å². The summed E-state index contributed by atoms with van der Waals surface area (Å²) in [7, 11) is -2.04. The van der Waals surface area contributed by atoms with Crippen LogP contribution in [0.3, 0.4) is 0 Å². The van der Waals surface area contributed by atoms with Crippen LogP contribution in [-0.4, -0.2) is 27.7 Å². The van der Waals surface area contributed by atoms with Crippen LogP contribution in [-0.2, 0) is 18.8 Å². The summed E-state index contributed by atoms with van der Waals surface area (Å²) in [4.78, 5) is 0.0191. The van der Waals surface area contributed by atoms with E-state index >= 15 is 0 Å². The Bertz CT molecular complexity index is 469. The number of hydrogen-bond donors (Lipinski definition) is 0. The fourth-order valence-corrected chi connectivity index (χ4v) is 2.21. The number of hydrogen-bond acceptors (Lipinski definition) is 5. The van der Waals surface area contributed by atoms with Crippen LogP contribution >= 0.6 is 9.47 Å². The summed E-state index contributed by atoms with van der Waals surface area (Å²) >= 11 is 0. The van der Waals surface area contributed by atoms with E-state index in [1.807, 2.05) is 0 Å². The monoisotopic (exact) mass is 262 g/mol. The maximum absolute atomic E-state index is 11.5. The molecule has 1 saturated heterocycles. The molecule has 1 heterocycles. The fraction of sp³-hybridized carbons (Fsp3) is 0.333. The van der Waals surface area contributed by atoms with Gasteiger partial charge in [0.15, 0.2) is 0 Å². The van der Waals surface area contributed by atoms with Crippen molar-refractivity contribution in [3.8, 4) is 5.75 Å². The molecule has 1 aromatic carbocycles. The molecule has 2 unspecified atom stereocenters. The minimum Gasteiger partial charge on any atom is -0.489 e. The highest BCUT2D eigenvalue weighted by atomic mass is 32.2. The van der Waals surface area contributed by atoms with Gasteiger partial charge in [0.1, 0.15) is 23.4 Å². The molecule has 1 fully saturated rings. The van der Waals surface area contributed by atoms with Gasteiger partial charge < -0.3 is 9.47 Å². The zero-order valence-electron chi connectivity index (χ0n) is 8.33. The van der Waals surface area contributed by atoms with E-state index in [0.717, 1.165) is 0 Å². The van der Waals surface area contributed by atoms with E-state index < -0.39 is 10.1 Å². The Morgan fingerprint density at radius 2 is 2.12 bits per heavy atom. The molecule has 7 heteroatoms. The molecular formula is C9H11O5PS. The first-order valence-corrected chi connectivity index (χ1v) is 6.48. The highest BCUT2D eigenvalue weighted by molar-refractivity contribution is 7.89. The van der Waals surface area contributed by atoms with Gasteiger partial charge in [-0.05, 0) is 12.1 Å². The summed E-state index contributed by atoms with van der Waals surface area (Å²) in [6, 6.07) is 6.32. The lowest BCUT2D eigenvalue weighted by molar-refractivity contribution is 0.257. The van der Waals surface area contributed by atoms with Crippen LogP contribution < -0.4 is 4.74 Å². The number of ether oxygens (including phenoxy) is 2. The SMILES string of the molecule is O=S(=O)(OP)c1ccccc1OCC1CO1. The summed E-state index contributed by atoms with van der Waals surface area (Å²) in [6.07, 6.45) is 0.0766. The Labute approximate surface area is 96.1 Å². The molecule has 16 heavy (non-hydrogen) atoms. The summed E-state index contributed by atoms with van der Waals surface area (Å²) in [5, 5.41) is 0. The normalized spacial score (nSPS) is 19.4. The van der Waals surface area contributed by atoms with E-state index in [-0.39, 0.29) is 16.7 Å². The van der Waals surface area contributed by atoms with Crippen LogP contribution in [0.15, 0.2) is 29.2 Å². The van der Waals surface area contributed by atoms with Gasteiger partial charge in [0.05, 0.1) is 6.61 Å². The Hall–Kier alpha value is -0.680. The minimum absolute atomic E-state index is 0.0191. The second kappa shape index (κ2) is 4.67. The molecule has 1 aliphatic heterocycles. The third kappa shape index (κ3) is 2.71. The summed E-state index contributed by atoms with van der Waals surface area (Å²) in [6.45, 7) is 1.01. The van der Waals surface area contributed by atoms with Crippen molar-refractivity contribution >= 4 is 19.6 Å². The zero-order valence-corrected chi connectivity index (χ0v) is 10.3. The molecule has 0 radical (unpaired) electrons. The van der Waals surface area contributed by atoms with E-state index in [2.05, 4.69) is 3.97 Å².